The van der Waals surface area contributed by atoms with Gasteiger partial charge in [0.15, 0.2) is 0 Å². The number of aliphatic hydroxyl groups excluding tert-OH is 2. The van der Waals surface area contributed by atoms with Crippen molar-refractivity contribution in [3.63, 3.8) is 0 Å². The van der Waals surface area contributed by atoms with Crippen LogP contribution in [0.25, 0.3) is 0 Å². The van der Waals surface area contributed by atoms with Crippen LogP contribution in [0.5, 0.6) is 0 Å². The van der Waals surface area contributed by atoms with E-state index in [1.54, 1.807) is 0 Å². The molecule has 0 bridgehead atoms. The van der Waals surface area contributed by atoms with Gasteiger partial charge in [0.25, 0.3) is 0 Å². The molecule has 0 spiro atoms. The first kappa shape index (κ1) is 56.1. The van der Waals surface area contributed by atoms with Gasteiger partial charge in [-0.3, -0.25) is 9.59 Å². The van der Waals surface area contributed by atoms with Crippen molar-refractivity contribution in [2.75, 3.05) is 6.61 Å². The van der Waals surface area contributed by atoms with Crippen molar-refractivity contribution in [3.8, 4) is 0 Å². The van der Waals surface area contributed by atoms with Crippen molar-refractivity contribution in [2.24, 2.45) is 0 Å². The Labute approximate surface area is 360 Å². The monoisotopic (exact) mass is 816 g/mol. The third-order valence-electron chi connectivity index (χ3n) is 11.4. The second kappa shape index (κ2) is 46.2. The number of carbonyl (C=O) groups is 2. The first-order valence-electron chi connectivity index (χ1n) is 25.2. The summed E-state index contributed by atoms with van der Waals surface area (Å²) in [6.45, 7) is 6.44. The Morgan fingerprint density at radius 1 is 0.517 bits per heavy atom. The largest absolute Gasteiger partial charge is 0.458 e. The van der Waals surface area contributed by atoms with Crippen LogP contribution in [0.15, 0.2) is 36.5 Å². The molecule has 340 valence electrons. The number of esters is 1. The number of carbonyl (C=O) groups excluding carboxylic acids is 2. The SMILES string of the molecule is CCCCCCCC/C=C\C/C=C/C(CC(=O)NC(CO)C(O)CCCCCCCCCCCCCCCCC)OC(=O)CCCCC/C=C\CCCCCCCC. The van der Waals surface area contributed by atoms with Gasteiger partial charge in [0.2, 0.25) is 5.91 Å². The van der Waals surface area contributed by atoms with Crippen molar-refractivity contribution >= 4 is 11.9 Å². The number of ether oxygens (including phenoxy) is 1. The lowest BCUT2D eigenvalue weighted by Crippen LogP contribution is -2.46. The average molecular weight is 816 g/mol. The molecule has 0 aliphatic rings. The van der Waals surface area contributed by atoms with Gasteiger partial charge >= 0.3 is 5.97 Å². The maximum absolute atomic E-state index is 13.1. The summed E-state index contributed by atoms with van der Waals surface area (Å²) in [7, 11) is 0. The average Bonchev–Trinajstić information content (AvgIpc) is 3.22. The minimum absolute atomic E-state index is 0.0324. The molecular weight excluding hydrogens is 719 g/mol. The summed E-state index contributed by atoms with van der Waals surface area (Å²) in [6, 6.07) is -0.732. The van der Waals surface area contributed by atoms with E-state index >= 15 is 0 Å². The van der Waals surface area contributed by atoms with Crippen LogP contribution in [-0.2, 0) is 14.3 Å². The van der Waals surface area contributed by atoms with E-state index in [9.17, 15) is 19.8 Å². The number of rotatable bonds is 45. The molecule has 0 aromatic carbocycles. The summed E-state index contributed by atoms with van der Waals surface area (Å²) in [5.74, 6) is -0.616. The number of aliphatic hydroxyl groups is 2. The number of amides is 1. The number of nitrogens with one attached hydrogen (secondary N) is 1. The Balaban J connectivity index is 4.60. The normalized spacial score (nSPS) is 13.5. The molecule has 0 heterocycles. The van der Waals surface area contributed by atoms with E-state index in [0.717, 1.165) is 64.2 Å². The quantitative estimate of drug-likeness (QED) is 0.0323. The lowest BCUT2D eigenvalue weighted by molar-refractivity contribution is -0.148. The molecule has 0 aromatic heterocycles. The van der Waals surface area contributed by atoms with Crippen molar-refractivity contribution in [1.82, 2.24) is 5.32 Å². The minimum Gasteiger partial charge on any atom is -0.458 e. The Morgan fingerprint density at radius 3 is 1.36 bits per heavy atom. The number of allylic oxidation sites excluding steroid dienone is 5. The van der Waals surface area contributed by atoms with Crippen molar-refractivity contribution in [2.45, 2.75) is 277 Å². The second-order valence-electron chi connectivity index (χ2n) is 17.2. The summed E-state index contributed by atoms with van der Waals surface area (Å²) in [5, 5.41) is 23.7. The zero-order valence-electron chi connectivity index (χ0n) is 38.7. The van der Waals surface area contributed by atoms with Gasteiger partial charge in [-0.2, -0.15) is 0 Å². The van der Waals surface area contributed by atoms with Gasteiger partial charge in [-0.15, -0.1) is 0 Å². The molecule has 0 radical (unpaired) electrons. The fraction of sp³-hybridized carbons (Fsp3) is 0.846. The predicted octanol–water partition coefficient (Wildman–Crippen LogP) is 14.9. The summed E-state index contributed by atoms with van der Waals surface area (Å²) >= 11 is 0. The first-order chi connectivity index (χ1) is 28.5. The highest BCUT2D eigenvalue weighted by Gasteiger charge is 2.23. The Kier molecular flexibility index (Phi) is 44.6. The van der Waals surface area contributed by atoms with E-state index in [4.69, 9.17) is 4.74 Å². The predicted molar refractivity (Wildman–Crippen MR) is 250 cm³/mol. The Hall–Kier alpha value is -1.92. The molecule has 0 aliphatic carbocycles. The fourth-order valence-electron chi connectivity index (χ4n) is 7.57. The highest BCUT2D eigenvalue weighted by atomic mass is 16.5. The van der Waals surface area contributed by atoms with Crippen LogP contribution >= 0.6 is 0 Å². The van der Waals surface area contributed by atoms with E-state index in [0.29, 0.717) is 12.8 Å². The van der Waals surface area contributed by atoms with Crippen LogP contribution < -0.4 is 5.32 Å². The second-order valence-corrected chi connectivity index (χ2v) is 17.2. The molecule has 1 amide bonds. The van der Waals surface area contributed by atoms with Gasteiger partial charge in [-0.1, -0.05) is 218 Å². The third-order valence-corrected chi connectivity index (χ3v) is 11.4. The van der Waals surface area contributed by atoms with E-state index in [1.165, 1.54) is 154 Å². The minimum atomic E-state index is -0.811. The third kappa shape index (κ3) is 40.8. The molecule has 3 unspecified atom stereocenters. The van der Waals surface area contributed by atoms with Crippen LogP contribution in [0.2, 0.25) is 0 Å². The Morgan fingerprint density at radius 2 is 0.914 bits per heavy atom. The summed E-state index contributed by atoms with van der Waals surface area (Å²) in [5.41, 5.74) is 0. The first-order valence-corrected chi connectivity index (χ1v) is 25.2. The summed E-state index contributed by atoms with van der Waals surface area (Å²) < 4.78 is 5.81. The lowest BCUT2D eigenvalue weighted by atomic mass is 10.0. The molecule has 6 heteroatoms. The molecule has 0 aromatic rings. The summed E-state index contributed by atoms with van der Waals surface area (Å²) in [4.78, 5) is 26.0. The molecule has 0 saturated carbocycles. The van der Waals surface area contributed by atoms with E-state index < -0.39 is 18.2 Å². The molecule has 0 rings (SSSR count). The van der Waals surface area contributed by atoms with Crippen molar-refractivity contribution < 1.29 is 24.5 Å². The molecule has 0 fully saturated rings. The molecule has 58 heavy (non-hydrogen) atoms. The smallest absolute Gasteiger partial charge is 0.306 e. The van der Waals surface area contributed by atoms with E-state index in [2.05, 4.69) is 50.4 Å². The van der Waals surface area contributed by atoms with Crippen molar-refractivity contribution in [3.05, 3.63) is 36.5 Å². The van der Waals surface area contributed by atoms with Crippen LogP contribution in [0.4, 0.5) is 0 Å². The van der Waals surface area contributed by atoms with E-state index in [-0.39, 0.29) is 24.9 Å². The molecule has 0 aliphatic heterocycles. The van der Waals surface area contributed by atoms with Gasteiger partial charge in [0.1, 0.15) is 6.10 Å². The highest BCUT2D eigenvalue weighted by Crippen LogP contribution is 2.16. The molecule has 0 saturated heterocycles. The van der Waals surface area contributed by atoms with Gasteiger partial charge in [0, 0.05) is 6.42 Å². The molecule has 3 N–H and O–H groups in total. The topological polar surface area (TPSA) is 95.9 Å². The number of hydrogen-bond acceptors (Lipinski definition) is 5. The Bertz CT molecular complexity index is 961. The summed E-state index contributed by atoms with van der Waals surface area (Å²) in [6.07, 6.45) is 53.8. The molecule has 6 nitrogen and oxygen atoms in total. The number of unbranched alkanes of at least 4 members (excludes halogenated alkanes) is 29. The van der Waals surface area contributed by atoms with Gasteiger partial charge in [0.05, 0.1) is 25.2 Å². The van der Waals surface area contributed by atoms with Crippen LogP contribution in [0, 0.1) is 0 Å². The van der Waals surface area contributed by atoms with Crippen LogP contribution in [0.1, 0.15) is 258 Å². The van der Waals surface area contributed by atoms with Crippen molar-refractivity contribution in [1.29, 1.82) is 0 Å². The maximum atomic E-state index is 13.1. The molecule has 3 atom stereocenters. The standard InChI is InChI=1S/C52H97NO5/c1-4-7-10-13-16-19-22-24-25-27-29-32-35-38-41-44-50(55)49(47-54)53-51(56)46-48(43-40-37-34-31-28-21-18-15-12-9-6-3)58-52(57)45-42-39-36-33-30-26-23-20-17-14-11-8-5-2/h26,30-31,34,40,43,48-50,54-55H,4-25,27-29,32-33,35-39,41-42,44-47H2,1-3H3,(H,53,56)/b30-26-,34-31-,43-40+. The van der Waals surface area contributed by atoms with Gasteiger partial charge in [-0.25, -0.2) is 0 Å². The highest BCUT2D eigenvalue weighted by molar-refractivity contribution is 5.78. The zero-order valence-corrected chi connectivity index (χ0v) is 38.7. The fourth-order valence-corrected chi connectivity index (χ4v) is 7.57. The lowest BCUT2D eigenvalue weighted by Gasteiger charge is -2.23. The van der Waals surface area contributed by atoms with Crippen LogP contribution in [0.3, 0.4) is 0 Å². The zero-order chi connectivity index (χ0) is 42.4. The maximum Gasteiger partial charge on any atom is 0.306 e. The van der Waals surface area contributed by atoms with Gasteiger partial charge in [-0.05, 0) is 63.9 Å². The van der Waals surface area contributed by atoms with E-state index in [1.807, 2.05) is 12.2 Å². The number of hydrogen-bond donors (Lipinski definition) is 3. The molecular formula is C52H97NO5. The van der Waals surface area contributed by atoms with Crippen LogP contribution in [-0.4, -0.2) is 46.9 Å². The van der Waals surface area contributed by atoms with Gasteiger partial charge < -0.3 is 20.3 Å².